The number of hydrogen-bond acceptors (Lipinski definition) is 4. The summed E-state index contributed by atoms with van der Waals surface area (Å²) in [7, 11) is 1.71. The lowest BCUT2D eigenvalue weighted by Gasteiger charge is -2.14. The van der Waals surface area contributed by atoms with Crippen LogP contribution < -0.4 is 4.74 Å². The van der Waals surface area contributed by atoms with Crippen LogP contribution in [0.5, 0.6) is 5.75 Å². The van der Waals surface area contributed by atoms with Crippen LogP contribution in [0.15, 0.2) is 36.9 Å². The van der Waals surface area contributed by atoms with Crippen LogP contribution in [0.2, 0.25) is 0 Å². The molecule has 1 N–H and O–H groups in total. The van der Waals surface area contributed by atoms with Crippen LogP contribution in [0.3, 0.4) is 0 Å². The van der Waals surface area contributed by atoms with Crippen LogP contribution in [0.25, 0.3) is 0 Å². The molecule has 1 aromatic rings. The van der Waals surface area contributed by atoms with Crippen LogP contribution in [0.1, 0.15) is 102 Å². The number of aliphatic carboxylic acids is 1. The van der Waals surface area contributed by atoms with E-state index in [-0.39, 0.29) is 5.60 Å². The zero-order valence-electron chi connectivity index (χ0n) is 21.0. The second kappa shape index (κ2) is 22.1. The van der Waals surface area contributed by atoms with Gasteiger partial charge in [0.25, 0.3) is 0 Å². The molecular weight excluding hydrogens is 404 g/mol. The number of carboxylic acid groups (broad SMARTS) is 1. The Morgan fingerprint density at radius 2 is 1.34 bits per heavy atom. The van der Waals surface area contributed by atoms with Gasteiger partial charge in [-0.1, -0.05) is 51.0 Å². The van der Waals surface area contributed by atoms with Gasteiger partial charge < -0.3 is 14.6 Å². The van der Waals surface area contributed by atoms with Crippen LogP contribution >= 0.6 is 0 Å². The van der Waals surface area contributed by atoms with Crippen molar-refractivity contribution in [2.45, 2.75) is 97.5 Å². The third-order valence-electron chi connectivity index (χ3n) is 4.43. The normalized spacial score (nSPS) is 10.2. The summed E-state index contributed by atoms with van der Waals surface area (Å²) in [6, 6.07) is 7.18. The largest absolute Gasteiger partial charge is 0.494 e. The molecule has 1 rings (SSSR count). The summed E-state index contributed by atoms with van der Waals surface area (Å²) in [5.41, 5.74) is 0.709. The number of hydrogen-bond donors (Lipinski definition) is 1. The minimum atomic E-state index is -0.688. The molecule has 0 saturated carbocycles. The number of unbranched alkanes of at least 4 members (excludes halogenated alkanes) is 8. The summed E-state index contributed by atoms with van der Waals surface area (Å²) in [6.07, 6.45) is 13.0. The Balaban J connectivity index is 0. The molecule has 0 aliphatic rings. The molecule has 0 bridgehead atoms. The van der Waals surface area contributed by atoms with Crippen molar-refractivity contribution in [1.29, 1.82) is 0 Å². The highest BCUT2D eigenvalue weighted by Gasteiger charge is 2.04. The molecule has 32 heavy (non-hydrogen) atoms. The van der Waals surface area contributed by atoms with E-state index in [9.17, 15) is 9.59 Å². The number of benzene rings is 1. The summed E-state index contributed by atoms with van der Waals surface area (Å²) in [5, 5.41) is 8.53. The summed E-state index contributed by atoms with van der Waals surface area (Å²) < 4.78 is 10.6. The number of rotatable bonds is 14. The van der Waals surface area contributed by atoms with Gasteiger partial charge >= 0.3 is 5.97 Å². The van der Waals surface area contributed by atoms with E-state index in [1.807, 2.05) is 39.8 Å². The number of carboxylic acids is 1. The first-order chi connectivity index (χ1) is 15.2. The van der Waals surface area contributed by atoms with Gasteiger partial charge in [-0.15, -0.1) is 6.58 Å². The van der Waals surface area contributed by atoms with Crippen molar-refractivity contribution in [3.05, 3.63) is 42.5 Å². The number of allylic oxidation sites excluding steroid dienone is 1. The topological polar surface area (TPSA) is 72.8 Å². The van der Waals surface area contributed by atoms with Gasteiger partial charge in [0.2, 0.25) is 0 Å². The number of carbonyl (C=O) groups excluding carboxylic acids is 1. The van der Waals surface area contributed by atoms with Crippen molar-refractivity contribution in [3.63, 3.8) is 0 Å². The molecule has 0 radical (unpaired) electrons. The molecule has 0 saturated heterocycles. The van der Waals surface area contributed by atoms with Crippen LogP contribution in [0.4, 0.5) is 0 Å². The average Bonchev–Trinajstić information content (AvgIpc) is 2.75. The van der Waals surface area contributed by atoms with E-state index in [2.05, 4.69) is 6.58 Å². The molecular formula is C27H46O5. The quantitative estimate of drug-likeness (QED) is 0.181. The minimum absolute atomic E-state index is 0.0417. The predicted molar refractivity (Wildman–Crippen MR) is 134 cm³/mol. The van der Waals surface area contributed by atoms with Gasteiger partial charge in [-0.2, -0.15) is 0 Å². The van der Waals surface area contributed by atoms with Crippen molar-refractivity contribution in [1.82, 2.24) is 0 Å². The lowest BCUT2D eigenvalue weighted by molar-refractivity contribution is -0.137. The molecule has 5 heteroatoms. The fourth-order valence-electron chi connectivity index (χ4n) is 2.45. The molecule has 0 unspecified atom stereocenters. The summed E-state index contributed by atoms with van der Waals surface area (Å²) in [6.45, 7) is 12.0. The summed E-state index contributed by atoms with van der Waals surface area (Å²) >= 11 is 0. The SMILES string of the molecule is C=CC.COC(C)(C)C.O=Cc1ccc(OCCCCCCCCCCCC(=O)O)cc1. The number of ether oxygens (including phenoxy) is 2. The zero-order valence-corrected chi connectivity index (χ0v) is 21.0. The van der Waals surface area contributed by atoms with Gasteiger partial charge in [0.15, 0.2) is 0 Å². The molecule has 0 atom stereocenters. The lowest BCUT2D eigenvalue weighted by atomic mass is 10.1. The maximum atomic E-state index is 10.5. The monoisotopic (exact) mass is 450 g/mol. The minimum Gasteiger partial charge on any atom is -0.494 e. The summed E-state index contributed by atoms with van der Waals surface area (Å²) in [4.78, 5) is 20.9. The molecule has 1 aromatic carbocycles. The third-order valence-corrected chi connectivity index (χ3v) is 4.43. The molecule has 184 valence electrons. The number of methoxy groups -OCH3 is 1. The predicted octanol–water partition coefficient (Wildman–Crippen LogP) is 7.49. The first-order valence-corrected chi connectivity index (χ1v) is 11.7. The Morgan fingerprint density at radius 1 is 0.938 bits per heavy atom. The van der Waals surface area contributed by atoms with E-state index in [0.29, 0.717) is 12.0 Å². The molecule has 5 nitrogen and oxygen atoms in total. The van der Waals surface area contributed by atoms with E-state index in [1.54, 1.807) is 25.3 Å². The first kappa shape index (κ1) is 32.0. The zero-order chi connectivity index (χ0) is 24.7. The van der Waals surface area contributed by atoms with Crippen molar-refractivity contribution in [2.75, 3.05) is 13.7 Å². The smallest absolute Gasteiger partial charge is 0.303 e. The molecule has 0 spiro atoms. The van der Waals surface area contributed by atoms with Crippen molar-refractivity contribution in [3.8, 4) is 5.75 Å². The highest BCUT2D eigenvalue weighted by atomic mass is 16.5. The maximum absolute atomic E-state index is 10.5. The fourth-order valence-corrected chi connectivity index (χ4v) is 2.45. The van der Waals surface area contributed by atoms with E-state index in [4.69, 9.17) is 14.6 Å². The van der Waals surface area contributed by atoms with Crippen molar-refractivity contribution < 1.29 is 24.2 Å². The standard InChI is InChI=1S/C19H28O4.C5H12O.C3H6/c20-16-17-11-13-18(14-12-17)23-15-9-7-5-3-1-2-4-6-8-10-19(21)22;1-5(2,3)6-4;1-3-2/h11-14,16H,1-10,15H2,(H,21,22);1-4H3;3H,1H2,2H3. The third kappa shape index (κ3) is 25.9. The van der Waals surface area contributed by atoms with E-state index < -0.39 is 5.97 Å². The van der Waals surface area contributed by atoms with Gasteiger partial charge in [-0.05, 0) is 64.8 Å². The molecule has 0 amide bonds. The Morgan fingerprint density at radius 3 is 1.72 bits per heavy atom. The van der Waals surface area contributed by atoms with Crippen LogP contribution in [-0.2, 0) is 9.53 Å². The van der Waals surface area contributed by atoms with E-state index >= 15 is 0 Å². The first-order valence-electron chi connectivity index (χ1n) is 11.7. The Kier molecular flexibility index (Phi) is 22.1. The highest BCUT2D eigenvalue weighted by molar-refractivity contribution is 5.74. The van der Waals surface area contributed by atoms with Crippen molar-refractivity contribution in [2.24, 2.45) is 0 Å². The van der Waals surface area contributed by atoms with Crippen molar-refractivity contribution >= 4 is 12.3 Å². The Labute approximate surface area is 196 Å². The fraction of sp³-hybridized carbons (Fsp3) is 0.630. The molecule has 0 aromatic heterocycles. The number of carbonyl (C=O) groups is 2. The van der Waals surface area contributed by atoms with E-state index in [1.165, 1.54) is 32.1 Å². The van der Waals surface area contributed by atoms with Crippen LogP contribution in [-0.4, -0.2) is 36.7 Å². The van der Waals surface area contributed by atoms with Gasteiger partial charge in [0.1, 0.15) is 12.0 Å². The van der Waals surface area contributed by atoms with Crippen LogP contribution in [0, 0.1) is 0 Å². The van der Waals surface area contributed by atoms with Gasteiger partial charge in [0.05, 0.1) is 12.2 Å². The van der Waals surface area contributed by atoms with E-state index in [0.717, 1.165) is 44.3 Å². The highest BCUT2D eigenvalue weighted by Crippen LogP contribution is 2.13. The maximum Gasteiger partial charge on any atom is 0.303 e. The lowest BCUT2D eigenvalue weighted by Crippen LogP contribution is -2.15. The second-order valence-electron chi connectivity index (χ2n) is 8.59. The van der Waals surface area contributed by atoms with Gasteiger partial charge in [-0.3, -0.25) is 9.59 Å². The average molecular weight is 451 g/mol. The Hall–Kier alpha value is -2.14. The second-order valence-corrected chi connectivity index (χ2v) is 8.59. The molecule has 0 aliphatic heterocycles. The van der Waals surface area contributed by atoms with Gasteiger partial charge in [-0.25, -0.2) is 0 Å². The molecule has 0 fully saturated rings. The molecule has 0 heterocycles. The molecule has 0 aliphatic carbocycles. The Bertz CT molecular complexity index is 573. The summed E-state index contributed by atoms with van der Waals surface area (Å²) in [5.74, 6) is 0.129. The van der Waals surface area contributed by atoms with Gasteiger partial charge in [0, 0.05) is 19.1 Å². The number of aldehydes is 1.